The summed E-state index contributed by atoms with van der Waals surface area (Å²) in [5.74, 6) is -0.343. The molecule has 3 N–H and O–H groups in total. The molecule has 1 heterocycles. The van der Waals surface area contributed by atoms with Crippen molar-refractivity contribution in [2.24, 2.45) is 0 Å². The van der Waals surface area contributed by atoms with Crippen LogP contribution in [0.3, 0.4) is 0 Å². The first-order chi connectivity index (χ1) is 8.59. The Balaban J connectivity index is 2.32. The van der Waals surface area contributed by atoms with Gasteiger partial charge in [-0.05, 0) is 18.2 Å². The lowest BCUT2D eigenvalue weighted by Crippen LogP contribution is -2.28. The minimum absolute atomic E-state index is 0.153. The predicted octanol–water partition coefficient (Wildman–Crippen LogP) is 0.629. The van der Waals surface area contributed by atoms with Gasteiger partial charge in [-0.2, -0.15) is 5.10 Å². The van der Waals surface area contributed by atoms with Gasteiger partial charge in [0.2, 0.25) is 0 Å². The van der Waals surface area contributed by atoms with Crippen LogP contribution in [0.2, 0.25) is 0 Å². The summed E-state index contributed by atoms with van der Waals surface area (Å²) in [6.07, 6.45) is 0. The second-order valence-electron chi connectivity index (χ2n) is 3.73. The van der Waals surface area contributed by atoms with E-state index in [0.29, 0.717) is 11.4 Å². The second-order valence-corrected chi connectivity index (χ2v) is 3.73. The number of aromatic nitrogens is 2. The number of H-pyrrole nitrogens is 1. The van der Waals surface area contributed by atoms with Crippen molar-refractivity contribution in [2.75, 3.05) is 17.7 Å². The number of hydrogen-bond donors (Lipinski definition) is 2. The fraction of sp³-hybridized carbons (Fsp3) is 0.0833. The summed E-state index contributed by atoms with van der Waals surface area (Å²) < 4.78 is 0. The molecule has 0 atom stereocenters. The van der Waals surface area contributed by atoms with Gasteiger partial charge in [-0.15, -0.1) is 0 Å². The number of rotatable bonds is 2. The lowest BCUT2D eigenvalue weighted by atomic mass is 10.2. The third-order valence-corrected chi connectivity index (χ3v) is 2.50. The lowest BCUT2D eigenvalue weighted by molar-refractivity contribution is 0.0987. The maximum atomic E-state index is 12.1. The molecule has 6 heteroatoms. The molecule has 1 aromatic carbocycles. The second kappa shape index (κ2) is 4.70. The first-order valence-electron chi connectivity index (χ1n) is 5.28. The molecule has 0 fully saturated rings. The third kappa shape index (κ3) is 2.22. The van der Waals surface area contributed by atoms with Gasteiger partial charge in [0.25, 0.3) is 11.5 Å². The molecule has 0 unspecified atom stereocenters. The fourth-order valence-corrected chi connectivity index (χ4v) is 1.54. The molecule has 0 aliphatic carbocycles. The number of para-hydroxylation sites is 2. The van der Waals surface area contributed by atoms with Gasteiger partial charge in [0.1, 0.15) is 5.69 Å². The van der Waals surface area contributed by atoms with E-state index in [0.717, 1.165) is 0 Å². The van der Waals surface area contributed by atoms with Gasteiger partial charge >= 0.3 is 0 Å². The van der Waals surface area contributed by atoms with Gasteiger partial charge in [-0.1, -0.05) is 12.1 Å². The molecule has 0 radical (unpaired) electrons. The summed E-state index contributed by atoms with van der Waals surface area (Å²) in [5.41, 5.74) is 6.68. The number of amides is 1. The molecule has 2 aromatic rings. The zero-order valence-electron chi connectivity index (χ0n) is 9.75. The smallest absolute Gasteiger partial charge is 0.278 e. The van der Waals surface area contributed by atoms with E-state index in [4.69, 9.17) is 5.73 Å². The molecule has 0 aliphatic heterocycles. The molecule has 2 rings (SSSR count). The van der Waals surface area contributed by atoms with E-state index >= 15 is 0 Å². The standard InChI is InChI=1S/C12H12N4O2/c1-16(10-5-3-2-4-8(10)13)12(18)9-6-7-11(17)15-14-9/h2-7H,13H2,1H3,(H,15,17). The van der Waals surface area contributed by atoms with E-state index < -0.39 is 0 Å². The molecule has 6 nitrogen and oxygen atoms in total. The van der Waals surface area contributed by atoms with Crippen LogP contribution in [0, 0.1) is 0 Å². The Labute approximate surface area is 103 Å². The van der Waals surface area contributed by atoms with Gasteiger partial charge in [-0.25, -0.2) is 5.10 Å². The molecular weight excluding hydrogens is 232 g/mol. The van der Waals surface area contributed by atoms with Crippen molar-refractivity contribution in [2.45, 2.75) is 0 Å². The van der Waals surface area contributed by atoms with Crippen LogP contribution in [-0.2, 0) is 0 Å². The van der Waals surface area contributed by atoms with Gasteiger partial charge in [0, 0.05) is 13.1 Å². The summed E-state index contributed by atoms with van der Waals surface area (Å²) in [5, 5.41) is 5.90. The zero-order chi connectivity index (χ0) is 13.1. The maximum absolute atomic E-state index is 12.1. The highest BCUT2D eigenvalue weighted by molar-refractivity contribution is 6.05. The highest BCUT2D eigenvalue weighted by atomic mass is 16.2. The zero-order valence-corrected chi connectivity index (χ0v) is 9.75. The van der Waals surface area contributed by atoms with E-state index in [2.05, 4.69) is 10.2 Å². The summed E-state index contributed by atoms with van der Waals surface area (Å²) in [7, 11) is 1.60. The van der Waals surface area contributed by atoms with Gasteiger partial charge in [0.15, 0.2) is 0 Å². The summed E-state index contributed by atoms with van der Waals surface area (Å²) >= 11 is 0. The Morgan fingerprint density at radius 1 is 1.28 bits per heavy atom. The summed E-state index contributed by atoms with van der Waals surface area (Å²) in [6, 6.07) is 9.64. The van der Waals surface area contributed by atoms with Crippen LogP contribution in [0.15, 0.2) is 41.2 Å². The number of aromatic amines is 1. The number of anilines is 2. The van der Waals surface area contributed by atoms with Crippen LogP contribution in [0.4, 0.5) is 11.4 Å². The number of hydrogen-bond acceptors (Lipinski definition) is 4. The van der Waals surface area contributed by atoms with E-state index in [9.17, 15) is 9.59 Å². The van der Waals surface area contributed by atoms with Crippen molar-refractivity contribution in [3.05, 3.63) is 52.4 Å². The van der Waals surface area contributed by atoms with E-state index in [-0.39, 0.29) is 17.2 Å². The maximum Gasteiger partial charge on any atom is 0.278 e. The van der Waals surface area contributed by atoms with Gasteiger partial charge in [-0.3, -0.25) is 9.59 Å². The number of benzene rings is 1. The number of carbonyl (C=O) groups is 1. The summed E-state index contributed by atoms with van der Waals surface area (Å²) in [6.45, 7) is 0. The van der Waals surface area contributed by atoms with E-state index in [1.807, 2.05) is 0 Å². The molecule has 0 saturated carbocycles. The SMILES string of the molecule is CN(C(=O)c1ccc(=O)[nH]n1)c1ccccc1N. The Bertz CT molecular complexity index is 615. The molecule has 0 spiro atoms. The van der Waals surface area contributed by atoms with Gasteiger partial charge < -0.3 is 10.6 Å². The molecule has 1 aromatic heterocycles. The van der Waals surface area contributed by atoms with Crippen LogP contribution >= 0.6 is 0 Å². The normalized spacial score (nSPS) is 10.1. The Hall–Kier alpha value is -2.63. The predicted molar refractivity (Wildman–Crippen MR) is 68.4 cm³/mol. The monoisotopic (exact) mass is 244 g/mol. The highest BCUT2D eigenvalue weighted by Crippen LogP contribution is 2.21. The topological polar surface area (TPSA) is 92.1 Å². The Morgan fingerprint density at radius 2 is 2.00 bits per heavy atom. The molecule has 1 amide bonds. The first-order valence-corrected chi connectivity index (χ1v) is 5.28. The van der Waals surface area contributed by atoms with Crippen molar-refractivity contribution in [1.82, 2.24) is 10.2 Å². The first kappa shape index (κ1) is 11.8. The fourth-order valence-electron chi connectivity index (χ4n) is 1.54. The van der Waals surface area contributed by atoms with Crippen molar-refractivity contribution >= 4 is 17.3 Å². The Morgan fingerprint density at radius 3 is 2.61 bits per heavy atom. The number of carbonyl (C=O) groups excluding carboxylic acids is 1. The lowest BCUT2D eigenvalue weighted by Gasteiger charge is -2.18. The number of nitrogens with one attached hydrogen (secondary N) is 1. The molecule has 92 valence electrons. The van der Waals surface area contributed by atoms with Crippen LogP contribution in [0.1, 0.15) is 10.5 Å². The highest BCUT2D eigenvalue weighted by Gasteiger charge is 2.16. The van der Waals surface area contributed by atoms with Gasteiger partial charge in [0.05, 0.1) is 11.4 Å². The van der Waals surface area contributed by atoms with E-state index in [1.165, 1.54) is 17.0 Å². The van der Waals surface area contributed by atoms with Crippen LogP contribution in [-0.4, -0.2) is 23.2 Å². The average molecular weight is 244 g/mol. The van der Waals surface area contributed by atoms with Crippen molar-refractivity contribution in [3.63, 3.8) is 0 Å². The minimum Gasteiger partial charge on any atom is -0.397 e. The van der Waals surface area contributed by atoms with Crippen molar-refractivity contribution < 1.29 is 4.79 Å². The molecule has 0 saturated heterocycles. The minimum atomic E-state index is -0.353. The largest absolute Gasteiger partial charge is 0.397 e. The van der Waals surface area contributed by atoms with Crippen molar-refractivity contribution in [1.29, 1.82) is 0 Å². The number of nitrogens with two attached hydrogens (primary N) is 1. The molecule has 0 aliphatic rings. The van der Waals surface area contributed by atoms with Crippen LogP contribution in [0.25, 0.3) is 0 Å². The average Bonchev–Trinajstić information content (AvgIpc) is 2.38. The quantitative estimate of drug-likeness (QED) is 0.758. The third-order valence-electron chi connectivity index (χ3n) is 2.50. The summed E-state index contributed by atoms with van der Waals surface area (Å²) in [4.78, 5) is 24.4. The molecule has 18 heavy (non-hydrogen) atoms. The number of nitrogens with zero attached hydrogens (tertiary/aromatic N) is 2. The molecule has 0 bridgehead atoms. The Kier molecular flexibility index (Phi) is 3.09. The number of nitrogen functional groups attached to an aromatic ring is 1. The molecular formula is C12H12N4O2. The van der Waals surface area contributed by atoms with Crippen LogP contribution in [0.5, 0.6) is 0 Å². The van der Waals surface area contributed by atoms with Crippen molar-refractivity contribution in [3.8, 4) is 0 Å². The van der Waals surface area contributed by atoms with Crippen LogP contribution < -0.4 is 16.2 Å². The van der Waals surface area contributed by atoms with E-state index in [1.54, 1.807) is 31.3 Å².